The topological polar surface area (TPSA) is 23.0 Å². The molecule has 11 aromatic rings. The fourth-order valence-corrected chi connectivity index (χ4v) is 8.19. The Labute approximate surface area is 269 Å². The van der Waals surface area contributed by atoms with Crippen LogP contribution in [-0.2, 0) is 0 Å². The van der Waals surface area contributed by atoms with E-state index in [9.17, 15) is 0 Å². The van der Waals surface area contributed by atoms with Gasteiger partial charge in [-0.15, -0.1) is 0 Å². The monoisotopic (exact) mass is 598 g/mol. The molecule has 0 N–H and O–H groups in total. The van der Waals surface area contributed by atoms with Crippen LogP contribution in [0, 0.1) is 0 Å². The average molecular weight is 599 g/mol. The highest BCUT2D eigenvalue weighted by Crippen LogP contribution is 2.47. The molecule has 0 aliphatic heterocycles. The SMILES string of the molecule is c1ccc(-n2c3ccccc3c3c2ccc2c4c5c(ccc4n(-c4cc6ccccc6c6ccccc46)c23)oc2ccccc25)cc1. The summed E-state index contributed by atoms with van der Waals surface area (Å²) in [6, 6.07) is 57.0. The van der Waals surface area contributed by atoms with Gasteiger partial charge in [0.2, 0.25) is 0 Å². The second-order valence-electron chi connectivity index (χ2n) is 12.5. The van der Waals surface area contributed by atoms with Gasteiger partial charge in [-0.3, -0.25) is 0 Å². The zero-order chi connectivity index (χ0) is 30.6. The van der Waals surface area contributed by atoms with E-state index in [1.165, 1.54) is 70.8 Å². The Bertz CT molecular complexity index is 3070. The molecular formula is C44H26N2O. The molecule has 0 aliphatic rings. The van der Waals surface area contributed by atoms with Crippen LogP contribution in [0.5, 0.6) is 0 Å². The van der Waals surface area contributed by atoms with E-state index in [0.29, 0.717) is 0 Å². The number of aromatic nitrogens is 2. The maximum atomic E-state index is 6.46. The number of nitrogens with zero attached hydrogens (tertiary/aromatic N) is 2. The molecule has 3 heterocycles. The van der Waals surface area contributed by atoms with Crippen molar-refractivity contribution in [1.29, 1.82) is 0 Å². The van der Waals surface area contributed by atoms with Gasteiger partial charge in [0.1, 0.15) is 11.2 Å². The van der Waals surface area contributed by atoms with E-state index in [2.05, 4.69) is 161 Å². The van der Waals surface area contributed by atoms with E-state index in [0.717, 1.165) is 27.6 Å². The number of hydrogen-bond acceptors (Lipinski definition) is 1. The third-order valence-electron chi connectivity index (χ3n) is 10.1. The molecule has 0 spiro atoms. The lowest BCUT2D eigenvalue weighted by Crippen LogP contribution is -1.97. The molecule has 3 nitrogen and oxygen atoms in total. The van der Waals surface area contributed by atoms with Gasteiger partial charge in [-0.1, -0.05) is 109 Å². The molecule has 0 amide bonds. The molecule has 8 aromatic carbocycles. The van der Waals surface area contributed by atoms with Crippen molar-refractivity contribution in [1.82, 2.24) is 9.13 Å². The van der Waals surface area contributed by atoms with E-state index >= 15 is 0 Å². The molecule has 218 valence electrons. The first-order valence-corrected chi connectivity index (χ1v) is 16.1. The first-order chi connectivity index (χ1) is 23.3. The summed E-state index contributed by atoms with van der Waals surface area (Å²) in [6.07, 6.45) is 0. The van der Waals surface area contributed by atoms with E-state index in [1.54, 1.807) is 0 Å². The molecule has 3 heteroatoms. The number of fused-ring (bicyclic) bond motifs is 14. The largest absolute Gasteiger partial charge is 0.456 e. The van der Waals surface area contributed by atoms with Crippen LogP contribution in [0.25, 0.3) is 98.5 Å². The molecule has 0 saturated heterocycles. The van der Waals surface area contributed by atoms with Crippen molar-refractivity contribution in [3.8, 4) is 11.4 Å². The fraction of sp³-hybridized carbons (Fsp3) is 0. The quantitative estimate of drug-likeness (QED) is 0.182. The normalized spacial score (nSPS) is 12.3. The van der Waals surface area contributed by atoms with Crippen LogP contribution in [0.2, 0.25) is 0 Å². The first-order valence-electron chi connectivity index (χ1n) is 16.1. The molecule has 0 saturated carbocycles. The van der Waals surface area contributed by atoms with Gasteiger partial charge >= 0.3 is 0 Å². The predicted octanol–water partition coefficient (Wildman–Crippen LogP) is 12.1. The fourth-order valence-electron chi connectivity index (χ4n) is 8.19. The van der Waals surface area contributed by atoms with Crippen molar-refractivity contribution in [2.24, 2.45) is 0 Å². The number of furan rings is 1. The van der Waals surface area contributed by atoms with E-state index < -0.39 is 0 Å². The minimum absolute atomic E-state index is 0.910. The summed E-state index contributed by atoms with van der Waals surface area (Å²) in [5.41, 5.74) is 8.91. The third kappa shape index (κ3) is 3.25. The maximum Gasteiger partial charge on any atom is 0.136 e. The zero-order valence-electron chi connectivity index (χ0n) is 25.3. The highest BCUT2D eigenvalue weighted by atomic mass is 16.3. The van der Waals surface area contributed by atoms with Crippen molar-refractivity contribution in [3.63, 3.8) is 0 Å². The molecule has 11 rings (SSSR count). The molecule has 3 aromatic heterocycles. The maximum absolute atomic E-state index is 6.46. The first kappa shape index (κ1) is 24.9. The van der Waals surface area contributed by atoms with E-state index in [-0.39, 0.29) is 0 Å². The molecule has 0 unspecified atom stereocenters. The van der Waals surface area contributed by atoms with Crippen LogP contribution >= 0.6 is 0 Å². The number of rotatable bonds is 2. The van der Waals surface area contributed by atoms with Gasteiger partial charge in [-0.2, -0.15) is 0 Å². The molecule has 0 bridgehead atoms. The van der Waals surface area contributed by atoms with E-state index in [4.69, 9.17) is 4.42 Å². The van der Waals surface area contributed by atoms with Crippen LogP contribution in [-0.4, -0.2) is 9.13 Å². The molecular weight excluding hydrogens is 572 g/mol. The lowest BCUT2D eigenvalue weighted by atomic mass is 10.00. The zero-order valence-corrected chi connectivity index (χ0v) is 25.3. The Morgan fingerprint density at radius 3 is 1.89 bits per heavy atom. The summed E-state index contributed by atoms with van der Waals surface area (Å²) in [4.78, 5) is 0. The van der Waals surface area contributed by atoms with E-state index in [1.807, 2.05) is 6.07 Å². The highest BCUT2D eigenvalue weighted by Gasteiger charge is 2.24. The van der Waals surface area contributed by atoms with Crippen molar-refractivity contribution < 1.29 is 4.42 Å². The standard InChI is InChI=1S/C44H26N2O/c1-2-13-28(14-3-1)45-35-20-10-8-18-32(35)42-37(45)23-22-34-41-36(24-25-40-43(41)33-19-9-11-21-39(33)47-40)46(44(34)42)38-26-27-12-4-5-15-29(27)30-16-6-7-17-31(30)38/h1-26H. The Morgan fingerprint density at radius 2 is 1.02 bits per heavy atom. The molecule has 0 radical (unpaired) electrons. The highest BCUT2D eigenvalue weighted by molar-refractivity contribution is 6.33. The lowest BCUT2D eigenvalue weighted by molar-refractivity contribution is 0.669. The lowest BCUT2D eigenvalue weighted by Gasteiger charge is -2.15. The number of benzene rings is 8. The molecule has 0 atom stereocenters. The summed E-state index contributed by atoms with van der Waals surface area (Å²) in [5, 5.41) is 12.2. The van der Waals surface area contributed by atoms with Crippen LogP contribution in [0.4, 0.5) is 0 Å². The second-order valence-corrected chi connectivity index (χ2v) is 12.5. The van der Waals surface area contributed by atoms with Gasteiger partial charge in [0.15, 0.2) is 0 Å². The van der Waals surface area contributed by atoms with Crippen LogP contribution in [0.3, 0.4) is 0 Å². The van der Waals surface area contributed by atoms with Crippen molar-refractivity contribution >= 4 is 87.1 Å². The van der Waals surface area contributed by atoms with Crippen molar-refractivity contribution in [2.45, 2.75) is 0 Å². The Hall–Kier alpha value is -6.32. The Kier molecular flexibility index (Phi) is 4.84. The number of para-hydroxylation sites is 3. The molecule has 0 aliphatic carbocycles. The van der Waals surface area contributed by atoms with Crippen molar-refractivity contribution in [2.75, 3.05) is 0 Å². The van der Waals surface area contributed by atoms with Gasteiger partial charge in [-0.05, 0) is 64.7 Å². The second kappa shape index (κ2) is 9.12. The summed E-state index contributed by atoms with van der Waals surface area (Å²) in [7, 11) is 0. The Balaban J connectivity index is 1.44. The van der Waals surface area contributed by atoms with Gasteiger partial charge in [0.25, 0.3) is 0 Å². The number of hydrogen-bond donors (Lipinski definition) is 0. The van der Waals surface area contributed by atoms with Gasteiger partial charge in [0.05, 0.1) is 27.8 Å². The van der Waals surface area contributed by atoms with Gasteiger partial charge < -0.3 is 13.6 Å². The summed E-state index contributed by atoms with van der Waals surface area (Å²) < 4.78 is 11.4. The summed E-state index contributed by atoms with van der Waals surface area (Å²) >= 11 is 0. The minimum atomic E-state index is 0.910. The van der Waals surface area contributed by atoms with Crippen LogP contribution < -0.4 is 0 Å². The van der Waals surface area contributed by atoms with Crippen LogP contribution in [0.15, 0.2) is 162 Å². The summed E-state index contributed by atoms with van der Waals surface area (Å²) in [5.74, 6) is 0. The predicted molar refractivity (Wildman–Crippen MR) is 197 cm³/mol. The van der Waals surface area contributed by atoms with Gasteiger partial charge in [0, 0.05) is 43.4 Å². The Morgan fingerprint density at radius 1 is 0.362 bits per heavy atom. The summed E-state index contributed by atoms with van der Waals surface area (Å²) in [6.45, 7) is 0. The average Bonchev–Trinajstić information content (AvgIpc) is 3.79. The minimum Gasteiger partial charge on any atom is -0.456 e. The van der Waals surface area contributed by atoms with Gasteiger partial charge in [-0.25, -0.2) is 0 Å². The van der Waals surface area contributed by atoms with Crippen molar-refractivity contribution in [3.05, 3.63) is 158 Å². The third-order valence-corrected chi connectivity index (χ3v) is 10.1. The van der Waals surface area contributed by atoms with Crippen LogP contribution in [0.1, 0.15) is 0 Å². The smallest absolute Gasteiger partial charge is 0.136 e. The molecule has 0 fully saturated rings. The molecule has 47 heavy (non-hydrogen) atoms.